The monoisotopic (exact) mass is 243 g/mol. The Bertz CT molecular complexity index is 359. The van der Waals surface area contributed by atoms with Crippen LogP contribution in [0.1, 0.15) is 32.4 Å². The standard InChI is InChI=1S/C12H15Cl2N/c1-8(2)7-15-9(3)11-5-4-10(13)6-12(11)14/h4-9H,1-3H3. The number of rotatable bonds is 3. The van der Waals surface area contributed by atoms with E-state index in [2.05, 4.69) is 18.8 Å². The van der Waals surface area contributed by atoms with Crippen molar-refractivity contribution in [1.29, 1.82) is 0 Å². The Kier molecular flexibility index (Phi) is 4.62. The lowest BCUT2D eigenvalue weighted by atomic mass is 10.1. The van der Waals surface area contributed by atoms with Crippen molar-refractivity contribution in [2.45, 2.75) is 26.8 Å². The minimum atomic E-state index is 0.0807. The van der Waals surface area contributed by atoms with E-state index in [0.717, 1.165) is 5.56 Å². The first-order valence-electron chi connectivity index (χ1n) is 4.99. The number of aliphatic imine (C=N–C) groups is 1. The Balaban J connectivity index is 2.86. The first-order valence-corrected chi connectivity index (χ1v) is 5.74. The average molecular weight is 244 g/mol. The molecule has 0 bridgehead atoms. The topological polar surface area (TPSA) is 12.4 Å². The van der Waals surface area contributed by atoms with E-state index in [1.54, 1.807) is 6.07 Å². The highest BCUT2D eigenvalue weighted by Gasteiger charge is 2.07. The van der Waals surface area contributed by atoms with Gasteiger partial charge in [-0.05, 0) is 30.5 Å². The summed E-state index contributed by atoms with van der Waals surface area (Å²) in [6.45, 7) is 6.22. The molecule has 1 nitrogen and oxygen atoms in total. The molecule has 15 heavy (non-hydrogen) atoms. The van der Waals surface area contributed by atoms with Crippen LogP contribution >= 0.6 is 23.2 Å². The second-order valence-corrected chi connectivity index (χ2v) is 4.73. The summed E-state index contributed by atoms with van der Waals surface area (Å²) in [7, 11) is 0. The molecule has 0 saturated carbocycles. The van der Waals surface area contributed by atoms with E-state index in [-0.39, 0.29) is 6.04 Å². The van der Waals surface area contributed by atoms with Crippen LogP contribution < -0.4 is 0 Å². The van der Waals surface area contributed by atoms with E-state index in [4.69, 9.17) is 23.2 Å². The van der Waals surface area contributed by atoms with E-state index in [1.165, 1.54) is 0 Å². The lowest BCUT2D eigenvalue weighted by Crippen LogP contribution is -1.94. The second kappa shape index (κ2) is 5.53. The van der Waals surface area contributed by atoms with Gasteiger partial charge in [0, 0.05) is 16.3 Å². The van der Waals surface area contributed by atoms with Gasteiger partial charge in [0.2, 0.25) is 0 Å². The third-order valence-electron chi connectivity index (χ3n) is 2.02. The predicted molar refractivity (Wildman–Crippen MR) is 68.2 cm³/mol. The normalized spacial score (nSPS) is 13.7. The zero-order chi connectivity index (χ0) is 11.4. The zero-order valence-corrected chi connectivity index (χ0v) is 10.7. The number of hydrogen-bond acceptors (Lipinski definition) is 1. The average Bonchev–Trinajstić information content (AvgIpc) is 2.14. The molecule has 1 atom stereocenters. The van der Waals surface area contributed by atoms with E-state index in [0.29, 0.717) is 16.0 Å². The van der Waals surface area contributed by atoms with Crippen LogP contribution in [-0.4, -0.2) is 6.21 Å². The van der Waals surface area contributed by atoms with Crippen molar-refractivity contribution in [2.24, 2.45) is 10.9 Å². The van der Waals surface area contributed by atoms with E-state index in [1.807, 2.05) is 25.3 Å². The molecule has 0 aliphatic heterocycles. The van der Waals surface area contributed by atoms with Crippen LogP contribution in [0, 0.1) is 5.92 Å². The van der Waals surface area contributed by atoms with Gasteiger partial charge in [-0.3, -0.25) is 4.99 Å². The highest BCUT2D eigenvalue weighted by atomic mass is 35.5. The van der Waals surface area contributed by atoms with Gasteiger partial charge in [-0.15, -0.1) is 0 Å². The first-order chi connectivity index (χ1) is 7.00. The van der Waals surface area contributed by atoms with Crippen LogP contribution in [0.15, 0.2) is 23.2 Å². The van der Waals surface area contributed by atoms with Crippen molar-refractivity contribution in [3.8, 4) is 0 Å². The van der Waals surface area contributed by atoms with Crippen molar-refractivity contribution >= 4 is 29.4 Å². The maximum absolute atomic E-state index is 6.08. The van der Waals surface area contributed by atoms with Crippen LogP contribution in [0.25, 0.3) is 0 Å². The van der Waals surface area contributed by atoms with Gasteiger partial charge in [-0.2, -0.15) is 0 Å². The van der Waals surface area contributed by atoms with Gasteiger partial charge in [0.05, 0.1) is 6.04 Å². The quantitative estimate of drug-likeness (QED) is 0.678. The van der Waals surface area contributed by atoms with Gasteiger partial charge in [0.25, 0.3) is 0 Å². The summed E-state index contributed by atoms with van der Waals surface area (Å²) < 4.78 is 0. The highest BCUT2D eigenvalue weighted by Crippen LogP contribution is 2.27. The molecule has 1 aromatic rings. The van der Waals surface area contributed by atoms with Crippen molar-refractivity contribution in [3.05, 3.63) is 33.8 Å². The smallest absolute Gasteiger partial charge is 0.0731 e. The van der Waals surface area contributed by atoms with Crippen molar-refractivity contribution < 1.29 is 0 Å². The van der Waals surface area contributed by atoms with Crippen molar-refractivity contribution in [2.75, 3.05) is 0 Å². The highest BCUT2D eigenvalue weighted by molar-refractivity contribution is 6.35. The van der Waals surface area contributed by atoms with Gasteiger partial charge in [-0.1, -0.05) is 43.1 Å². The molecule has 0 N–H and O–H groups in total. The van der Waals surface area contributed by atoms with Gasteiger partial charge in [-0.25, -0.2) is 0 Å². The van der Waals surface area contributed by atoms with Gasteiger partial charge in [0.15, 0.2) is 0 Å². The van der Waals surface area contributed by atoms with Crippen molar-refractivity contribution in [3.63, 3.8) is 0 Å². The van der Waals surface area contributed by atoms with Gasteiger partial charge < -0.3 is 0 Å². The summed E-state index contributed by atoms with van der Waals surface area (Å²) in [5, 5.41) is 1.33. The van der Waals surface area contributed by atoms with Crippen LogP contribution in [0.3, 0.4) is 0 Å². The largest absolute Gasteiger partial charge is 0.289 e. The number of hydrogen-bond donors (Lipinski definition) is 0. The predicted octanol–water partition coefficient (Wildman–Crippen LogP) is 4.78. The number of benzene rings is 1. The number of halogens is 2. The summed E-state index contributed by atoms with van der Waals surface area (Å²) in [4.78, 5) is 4.43. The summed E-state index contributed by atoms with van der Waals surface area (Å²) in [6, 6.07) is 5.59. The lowest BCUT2D eigenvalue weighted by Gasteiger charge is -2.09. The summed E-state index contributed by atoms with van der Waals surface area (Å²) >= 11 is 11.9. The second-order valence-electron chi connectivity index (χ2n) is 3.88. The van der Waals surface area contributed by atoms with Crippen LogP contribution in [0.5, 0.6) is 0 Å². The molecule has 0 aliphatic carbocycles. The molecule has 82 valence electrons. The molecule has 0 saturated heterocycles. The number of nitrogens with zero attached hydrogens (tertiary/aromatic N) is 1. The fourth-order valence-electron chi connectivity index (χ4n) is 1.22. The molecule has 1 rings (SSSR count). The minimum absolute atomic E-state index is 0.0807. The SMILES string of the molecule is CC(C)C=NC(C)c1ccc(Cl)cc1Cl. The molecule has 0 fully saturated rings. The molecule has 0 radical (unpaired) electrons. The third kappa shape index (κ3) is 3.84. The van der Waals surface area contributed by atoms with Gasteiger partial charge in [0.1, 0.15) is 0 Å². The zero-order valence-electron chi connectivity index (χ0n) is 9.17. The molecule has 0 aromatic heterocycles. The maximum atomic E-state index is 6.08. The third-order valence-corrected chi connectivity index (χ3v) is 2.58. The molecule has 1 aromatic carbocycles. The maximum Gasteiger partial charge on any atom is 0.0731 e. The molecule has 0 amide bonds. The fraction of sp³-hybridized carbons (Fsp3) is 0.417. The Morgan fingerprint density at radius 3 is 2.40 bits per heavy atom. The Hall–Kier alpha value is -0.530. The van der Waals surface area contributed by atoms with E-state index < -0.39 is 0 Å². The van der Waals surface area contributed by atoms with E-state index in [9.17, 15) is 0 Å². The molecule has 1 unspecified atom stereocenters. The Morgan fingerprint density at radius 2 is 1.87 bits per heavy atom. The molecular weight excluding hydrogens is 229 g/mol. The summed E-state index contributed by atoms with van der Waals surface area (Å²) in [5.41, 5.74) is 1.01. The molecule has 0 aliphatic rings. The Morgan fingerprint density at radius 1 is 1.20 bits per heavy atom. The molecule has 3 heteroatoms. The summed E-state index contributed by atoms with van der Waals surface area (Å²) in [6.07, 6.45) is 1.94. The fourth-order valence-corrected chi connectivity index (χ4v) is 1.79. The first kappa shape index (κ1) is 12.5. The van der Waals surface area contributed by atoms with Crippen LogP contribution in [0.2, 0.25) is 10.0 Å². The van der Waals surface area contributed by atoms with Crippen molar-refractivity contribution in [1.82, 2.24) is 0 Å². The van der Waals surface area contributed by atoms with Gasteiger partial charge >= 0.3 is 0 Å². The summed E-state index contributed by atoms with van der Waals surface area (Å²) in [5.74, 6) is 0.457. The van der Waals surface area contributed by atoms with E-state index >= 15 is 0 Å². The molecular formula is C12H15Cl2N. The molecule has 0 heterocycles. The van der Waals surface area contributed by atoms with Crippen LogP contribution in [-0.2, 0) is 0 Å². The molecule has 0 spiro atoms. The lowest BCUT2D eigenvalue weighted by molar-refractivity contribution is 0.800. The Labute approximate surface area is 101 Å². The minimum Gasteiger partial charge on any atom is -0.289 e. The van der Waals surface area contributed by atoms with Crippen LogP contribution in [0.4, 0.5) is 0 Å².